The lowest BCUT2D eigenvalue weighted by molar-refractivity contribution is -0.139. The summed E-state index contributed by atoms with van der Waals surface area (Å²) in [5.41, 5.74) is -0.523. The molecule has 3 atom stereocenters. The van der Waals surface area contributed by atoms with E-state index < -0.39 is 17.6 Å². The monoisotopic (exact) mass is 257 g/mol. The third kappa shape index (κ3) is 4.29. The molecule has 0 bridgehead atoms. The summed E-state index contributed by atoms with van der Waals surface area (Å²) in [6.07, 6.45) is 1.03. The van der Waals surface area contributed by atoms with Crippen molar-refractivity contribution in [3.63, 3.8) is 0 Å². The standard InChI is InChI=1S/C13H23NO4/c1-8-7-9(2)18-11(8)12(17)14-13(3,4)6-5-10(15)16/h8-9,11H,5-7H2,1-4H3,(H,14,17)(H,15,16). The smallest absolute Gasteiger partial charge is 0.303 e. The zero-order valence-electron chi connectivity index (χ0n) is 11.5. The molecule has 1 aliphatic rings. The number of aliphatic carboxylic acids is 1. The molecule has 1 aliphatic heterocycles. The third-order valence-electron chi connectivity index (χ3n) is 3.28. The molecule has 0 aromatic heterocycles. The Balaban J connectivity index is 2.50. The van der Waals surface area contributed by atoms with Crippen molar-refractivity contribution < 1.29 is 19.4 Å². The summed E-state index contributed by atoms with van der Waals surface area (Å²) in [7, 11) is 0. The molecule has 18 heavy (non-hydrogen) atoms. The summed E-state index contributed by atoms with van der Waals surface area (Å²) >= 11 is 0. The summed E-state index contributed by atoms with van der Waals surface area (Å²) in [5, 5.41) is 11.5. The number of carbonyl (C=O) groups is 2. The van der Waals surface area contributed by atoms with Crippen molar-refractivity contribution in [2.24, 2.45) is 5.92 Å². The molecular weight excluding hydrogens is 234 g/mol. The quantitative estimate of drug-likeness (QED) is 0.783. The van der Waals surface area contributed by atoms with Crippen LogP contribution in [-0.2, 0) is 14.3 Å². The van der Waals surface area contributed by atoms with Crippen molar-refractivity contribution in [2.45, 2.75) is 64.7 Å². The van der Waals surface area contributed by atoms with Crippen molar-refractivity contribution in [1.29, 1.82) is 0 Å². The van der Waals surface area contributed by atoms with Crippen molar-refractivity contribution in [3.8, 4) is 0 Å². The van der Waals surface area contributed by atoms with Gasteiger partial charge in [0.05, 0.1) is 6.10 Å². The Hall–Kier alpha value is -1.10. The van der Waals surface area contributed by atoms with Gasteiger partial charge in [0.25, 0.3) is 0 Å². The topological polar surface area (TPSA) is 75.6 Å². The average molecular weight is 257 g/mol. The Morgan fingerprint density at radius 1 is 1.39 bits per heavy atom. The molecule has 2 N–H and O–H groups in total. The zero-order valence-corrected chi connectivity index (χ0v) is 11.5. The van der Waals surface area contributed by atoms with Crippen LogP contribution >= 0.6 is 0 Å². The molecule has 0 aromatic rings. The van der Waals surface area contributed by atoms with Gasteiger partial charge in [-0.1, -0.05) is 6.92 Å². The number of amides is 1. The summed E-state index contributed by atoms with van der Waals surface area (Å²) in [6.45, 7) is 7.62. The van der Waals surface area contributed by atoms with Gasteiger partial charge in [-0.05, 0) is 39.5 Å². The maximum atomic E-state index is 12.1. The molecule has 0 spiro atoms. The summed E-state index contributed by atoms with van der Waals surface area (Å²) in [4.78, 5) is 22.6. The number of nitrogens with one attached hydrogen (secondary N) is 1. The van der Waals surface area contributed by atoms with Gasteiger partial charge in [-0.2, -0.15) is 0 Å². The molecule has 0 saturated carbocycles. The van der Waals surface area contributed by atoms with E-state index in [4.69, 9.17) is 9.84 Å². The van der Waals surface area contributed by atoms with Crippen LogP contribution in [0.2, 0.25) is 0 Å². The van der Waals surface area contributed by atoms with E-state index in [0.717, 1.165) is 6.42 Å². The summed E-state index contributed by atoms with van der Waals surface area (Å²) in [6, 6.07) is 0. The van der Waals surface area contributed by atoms with Crippen LogP contribution in [0.15, 0.2) is 0 Å². The highest BCUT2D eigenvalue weighted by molar-refractivity contribution is 5.82. The molecule has 0 radical (unpaired) electrons. The highest BCUT2D eigenvalue weighted by atomic mass is 16.5. The molecule has 0 aliphatic carbocycles. The second-order valence-electron chi connectivity index (χ2n) is 5.85. The van der Waals surface area contributed by atoms with Crippen LogP contribution in [-0.4, -0.2) is 34.7 Å². The normalized spacial score (nSPS) is 28.1. The molecule has 3 unspecified atom stereocenters. The first kappa shape index (κ1) is 15.0. The Kier molecular flexibility index (Phi) is 4.73. The van der Waals surface area contributed by atoms with E-state index in [0.29, 0.717) is 6.42 Å². The first-order valence-electron chi connectivity index (χ1n) is 6.40. The van der Waals surface area contributed by atoms with Crippen molar-refractivity contribution in [2.75, 3.05) is 0 Å². The summed E-state index contributed by atoms with van der Waals surface area (Å²) < 4.78 is 5.58. The lowest BCUT2D eigenvalue weighted by Gasteiger charge is -2.28. The van der Waals surface area contributed by atoms with Crippen LogP contribution in [0.25, 0.3) is 0 Å². The van der Waals surface area contributed by atoms with E-state index in [1.807, 2.05) is 27.7 Å². The van der Waals surface area contributed by atoms with Gasteiger partial charge in [-0.25, -0.2) is 0 Å². The predicted octanol–water partition coefficient (Wildman–Crippen LogP) is 1.56. The first-order chi connectivity index (χ1) is 8.21. The van der Waals surface area contributed by atoms with E-state index in [-0.39, 0.29) is 24.3 Å². The fraction of sp³-hybridized carbons (Fsp3) is 0.846. The van der Waals surface area contributed by atoms with Crippen molar-refractivity contribution in [1.82, 2.24) is 5.32 Å². The first-order valence-corrected chi connectivity index (χ1v) is 6.40. The number of hydrogen-bond donors (Lipinski definition) is 2. The molecule has 5 heteroatoms. The molecule has 1 heterocycles. The van der Waals surface area contributed by atoms with Gasteiger partial charge < -0.3 is 15.2 Å². The fourth-order valence-corrected chi connectivity index (χ4v) is 2.29. The molecule has 0 aromatic carbocycles. The van der Waals surface area contributed by atoms with E-state index >= 15 is 0 Å². The lowest BCUT2D eigenvalue weighted by Crippen LogP contribution is -2.49. The number of carbonyl (C=O) groups excluding carboxylic acids is 1. The van der Waals surface area contributed by atoms with Gasteiger partial charge in [0.1, 0.15) is 6.10 Å². The third-order valence-corrected chi connectivity index (χ3v) is 3.28. The summed E-state index contributed by atoms with van der Waals surface area (Å²) in [5.74, 6) is -0.783. The maximum Gasteiger partial charge on any atom is 0.303 e. The molecular formula is C13H23NO4. The second-order valence-corrected chi connectivity index (χ2v) is 5.85. The number of carboxylic acids is 1. The van der Waals surface area contributed by atoms with Crippen molar-refractivity contribution >= 4 is 11.9 Å². The Morgan fingerprint density at radius 2 is 2.00 bits per heavy atom. The fourth-order valence-electron chi connectivity index (χ4n) is 2.29. The lowest BCUT2D eigenvalue weighted by atomic mass is 9.96. The van der Waals surface area contributed by atoms with Gasteiger partial charge in [-0.3, -0.25) is 9.59 Å². The van der Waals surface area contributed by atoms with Crippen LogP contribution < -0.4 is 5.32 Å². The molecule has 1 rings (SSSR count). The van der Waals surface area contributed by atoms with Crippen LogP contribution in [0.5, 0.6) is 0 Å². The van der Waals surface area contributed by atoms with Gasteiger partial charge in [0, 0.05) is 12.0 Å². The molecule has 104 valence electrons. The second kappa shape index (κ2) is 5.69. The van der Waals surface area contributed by atoms with Gasteiger partial charge in [0.15, 0.2) is 0 Å². The van der Waals surface area contributed by atoms with E-state index in [2.05, 4.69) is 5.32 Å². The molecule has 1 amide bonds. The van der Waals surface area contributed by atoms with E-state index in [1.165, 1.54) is 0 Å². The predicted molar refractivity (Wildman–Crippen MR) is 67.2 cm³/mol. The van der Waals surface area contributed by atoms with E-state index in [9.17, 15) is 9.59 Å². The Labute approximate surface area is 108 Å². The number of rotatable bonds is 5. The van der Waals surface area contributed by atoms with Crippen LogP contribution in [0.1, 0.15) is 47.0 Å². The van der Waals surface area contributed by atoms with Crippen LogP contribution in [0, 0.1) is 5.92 Å². The molecule has 1 fully saturated rings. The number of hydrogen-bond acceptors (Lipinski definition) is 3. The van der Waals surface area contributed by atoms with Crippen molar-refractivity contribution in [3.05, 3.63) is 0 Å². The number of ether oxygens (including phenoxy) is 1. The average Bonchev–Trinajstić information content (AvgIpc) is 2.54. The SMILES string of the molecule is CC1CC(C)C(C(=O)NC(C)(C)CCC(=O)O)O1. The maximum absolute atomic E-state index is 12.1. The van der Waals surface area contributed by atoms with Gasteiger partial charge in [-0.15, -0.1) is 0 Å². The largest absolute Gasteiger partial charge is 0.481 e. The minimum absolute atomic E-state index is 0.0464. The zero-order chi connectivity index (χ0) is 13.9. The van der Waals surface area contributed by atoms with Crippen LogP contribution in [0.4, 0.5) is 0 Å². The minimum atomic E-state index is -0.851. The Morgan fingerprint density at radius 3 is 2.44 bits per heavy atom. The number of carboxylic acid groups (broad SMARTS) is 1. The molecule has 5 nitrogen and oxygen atoms in total. The van der Waals surface area contributed by atoms with Gasteiger partial charge >= 0.3 is 5.97 Å². The highest BCUT2D eigenvalue weighted by Crippen LogP contribution is 2.26. The van der Waals surface area contributed by atoms with E-state index in [1.54, 1.807) is 0 Å². The Bertz CT molecular complexity index is 327. The minimum Gasteiger partial charge on any atom is -0.481 e. The highest BCUT2D eigenvalue weighted by Gasteiger charge is 2.36. The molecule has 1 saturated heterocycles. The van der Waals surface area contributed by atoms with Crippen LogP contribution in [0.3, 0.4) is 0 Å². The van der Waals surface area contributed by atoms with Gasteiger partial charge in [0.2, 0.25) is 5.91 Å².